The fourth-order valence-electron chi connectivity index (χ4n) is 1.71. The molecule has 0 aromatic heterocycles. The molecular weight excluding hydrogens is 186 g/mol. The lowest BCUT2D eigenvalue weighted by Crippen LogP contribution is -2.35. The summed E-state index contributed by atoms with van der Waals surface area (Å²) in [5.41, 5.74) is 1.55. The van der Waals surface area contributed by atoms with Gasteiger partial charge in [-0.15, -0.1) is 0 Å². The van der Waals surface area contributed by atoms with Crippen LogP contribution in [0.15, 0.2) is 11.6 Å². The van der Waals surface area contributed by atoms with E-state index < -0.39 is 0 Å². The summed E-state index contributed by atoms with van der Waals surface area (Å²) in [6.45, 7) is 4.64. The van der Waals surface area contributed by atoms with E-state index in [1.165, 1.54) is 0 Å². The van der Waals surface area contributed by atoms with Gasteiger partial charge in [0.05, 0.1) is 0 Å². The van der Waals surface area contributed by atoms with Crippen molar-refractivity contribution in [2.45, 2.75) is 19.8 Å². The van der Waals surface area contributed by atoms with E-state index in [-0.39, 0.29) is 0 Å². The van der Waals surface area contributed by atoms with Crippen molar-refractivity contribution in [3.63, 3.8) is 0 Å². The van der Waals surface area contributed by atoms with Crippen molar-refractivity contribution < 1.29 is 4.79 Å². The molecule has 1 aliphatic rings. The normalized spacial score (nSPS) is 21.1. The highest BCUT2D eigenvalue weighted by Gasteiger charge is 2.21. The molecule has 0 spiro atoms. The molecule has 3 heteroatoms. The summed E-state index contributed by atoms with van der Waals surface area (Å²) >= 11 is 5.44. The zero-order valence-electron chi connectivity index (χ0n) is 8.00. The van der Waals surface area contributed by atoms with E-state index in [0.717, 1.165) is 32.5 Å². The summed E-state index contributed by atoms with van der Waals surface area (Å²) in [6.07, 6.45) is 3.95. The molecule has 1 heterocycles. The first kappa shape index (κ1) is 10.7. The first-order valence-corrected chi connectivity index (χ1v) is 5.15. The van der Waals surface area contributed by atoms with Crippen molar-refractivity contribution in [1.82, 2.24) is 4.90 Å². The predicted molar refractivity (Wildman–Crippen MR) is 54.8 cm³/mol. The van der Waals surface area contributed by atoms with E-state index in [1.807, 2.05) is 6.08 Å². The van der Waals surface area contributed by atoms with Gasteiger partial charge < -0.3 is 0 Å². The third-order valence-corrected chi connectivity index (χ3v) is 2.79. The third-order valence-electron chi connectivity index (χ3n) is 2.62. The Labute approximate surface area is 84.6 Å². The monoisotopic (exact) mass is 201 g/mol. The van der Waals surface area contributed by atoms with Crippen LogP contribution in [0, 0.1) is 5.92 Å². The Kier molecular flexibility index (Phi) is 4.46. The Morgan fingerprint density at radius 1 is 1.54 bits per heavy atom. The van der Waals surface area contributed by atoms with Gasteiger partial charge in [-0.2, -0.15) is 0 Å². The Balaban J connectivity index is 2.26. The van der Waals surface area contributed by atoms with Gasteiger partial charge in [-0.25, -0.2) is 0 Å². The van der Waals surface area contributed by atoms with Gasteiger partial charge in [0.1, 0.15) is 5.78 Å². The summed E-state index contributed by atoms with van der Waals surface area (Å²) < 4.78 is 0. The highest BCUT2D eigenvalue weighted by molar-refractivity contribution is 6.25. The van der Waals surface area contributed by atoms with Crippen LogP contribution in [0.25, 0.3) is 0 Å². The molecule has 1 saturated heterocycles. The molecule has 0 unspecified atom stereocenters. The molecule has 0 aromatic carbocycles. The number of ketones is 1. The fourth-order valence-corrected chi connectivity index (χ4v) is 1.79. The summed E-state index contributed by atoms with van der Waals surface area (Å²) in [5, 5.41) is 0. The lowest BCUT2D eigenvalue weighted by Gasteiger charge is -2.29. The smallest absolute Gasteiger partial charge is 0.133 e. The number of hydrogen-bond acceptors (Lipinski definition) is 2. The highest BCUT2D eigenvalue weighted by atomic mass is 35.5. The molecular formula is C10H16ClNO. The van der Waals surface area contributed by atoms with Gasteiger partial charge in [-0.1, -0.05) is 17.7 Å². The van der Waals surface area contributed by atoms with E-state index in [0.29, 0.717) is 11.7 Å². The molecule has 1 rings (SSSR count). The van der Waals surface area contributed by atoms with Crippen molar-refractivity contribution in [3.05, 3.63) is 11.6 Å². The quantitative estimate of drug-likeness (QED) is 0.697. The van der Waals surface area contributed by atoms with Crippen LogP contribution in [0.2, 0.25) is 0 Å². The summed E-state index contributed by atoms with van der Waals surface area (Å²) in [6, 6.07) is 0. The van der Waals surface area contributed by atoms with Crippen molar-refractivity contribution in [3.8, 4) is 0 Å². The second kappa shape index (κ2) is 5.40. The van der Waals surface area contributed by atoms with Gasteiger partial charge in [-0.05, 0) is 32.9 Å². The predicted octanol–water partition coefficient (Wildman–Crippen LogP) is 2.04. The largest absolute Gasteiger partial charge is 0.300 e. The average molecular weight is 202 g/mol. The molecule has 2 nitrogen and oxygen atoms in total. The van der Waals surface area contributed by atoms with Gasteiger partial charge in [0.25, 0.3) is 0 Å². The molecule has 0 bridgehead atoms. The van der Waals surface area contributed by atoms with Crippen molar-refractivity contribution in [1.29, 1.82) is 0 Å². The maximum atomic E-state index is 11.1. The number of halogens is 1. The van der Waals surface area contributed by atoms with E-state index in [2.05, 4.69) is 4.90 Å². The number of carbonyl (C=O) groups is 1. The maximum Gasteiger partial charge on any atom is 0.133 e. The Morgan fingerprint density at radius 2 is 2.15 bits per heavy atom. The molecule has 0 N–H and O–H groups in total. The molecule has 1 fully saturated rings. The van der Waals surface area contributed by atoms with E-state index in [4.69, 9.17) is 11.6 Å². The van der Waals surface area contributed by atoms with Crippen molar-refractivity contribution >= 4 is 17.4 Å². The van der Waals surface area contributed by atoms with Crippen LogP contribution < -0.4 is 0 Å². The molecule has 0 amide bonds. The molecule has 0 aromatic rings. The first-order valence-electron chi connectivity index (χ1n) is 4.72. The van der Waals surface area contributed by atoms with Crippen LogP contribution in [0.5, 0.6) is 0 Å². The number of hydrogen-bond donors (Lipinski definition) is 0. The molecule has 74 valence electrons. The maximum absolute atomic E-state index is 11.1. The van der Waals surface area contributed by atoms with Crippen molar-refractivity contribution in [2.75, 3.05) is 19.6 Å². The number of carbonyl (C=O) groups excluding carboxylic acids is 1. The molecule has 0 atom stereocenters. The van der Waals surface area contributed by atoms with Crippen LogP contribution in [-0.4, -0.2) is 30.3 Å². The van der Waals surface area contributed by atoms with Crippen LogP contribution in [-0.2, 0) is 4.79 Å². The van der Waals surface area contributed by atoms with Gasteiger partial charge >= 0.3 is 0 Å². The summed E-state index contributed by atoms with van der Waals surface area (Å²) in [5.74, 6) is 0.642. The van der Waals surface area contributed by atoms with Gasteiger partial charge in [0.15, 0.2) is 0 Å². The zero-order valence-corrected chi connectivity index (χ0v) is 8.76. The van der Waals surface area contributed by atoms with E-state index >= 15 is 0 Å². The summed E-state index contributed by atoms with van der Waals surface area (Å²) in [4.78, 5) is 13.4. The average Bonchev–Trinajstić information content (AvgIpc) is 2.15. The topological polar surface area (TPSA) is 20.3 Å². The number of likely N-dealkylation sites (tertiary alicyclic amines) is 1. The number of Topliss-reactive ketones (excluding diaryl/α,β-unsaturated/α-hetero) is 1. The van der Waals surface area contributed by atoms with Crippen LogP contribution >= 0.6 is 11.6 Å². The van der Waals surface area contributed by atoms with Crippen LogP contribution in [0.4, 0.5) is 0 Å². The molecule has 0 radical (unpaired) electrons. The van der Waals surface area contributed by atoms with Crippen LogP contribution in [0.3, 0.4) is 0 Å². The Hall–Kier alpha value is -0.340. The minimum Gasteiger partial charge on any atom is -0.300 e. The Morgan fingerprint density at radius 3 is 2.62 bits per heavy atom. The molecule has 1 aliphatic heterocycles. The lowest BCUT2D eigenvalue weighted by atomic mass is 9.93. The molecule has 0 saturated carbocycles. The number of rotatable bonds is 3. The Bertz CT molecular complexity index is 195. The van der Waals surface area contributed by atoms with Gasteiger partial charge in [0, 0.05) is 18.0 Å². The number of nitrogens with zero attached hydrogens (tertiary/aromatic N) is 1. The molecule has 13 heavy (non-hydrogen) atoms. The van der Waals surface area contributed by atoms with Gasteiger partial charge in [-0.3, -0.25) is 9.69 Å². The third kappa shape index (κ3) is 3.49. The SMILES string of the molecule is CC(=O)C1CCN(CC=CCl)CC1. The standard InChI is InChI=1S/C10H16ClNO/c1-9(13)10-3-7-12(8-4-10)6-2-5-11/h2,5,10H,3-4,6-8H2,1H3. The van der Waals surface area contributed by atoms with Gasteiger partial charge in [0.2, 0.25) is 0 Å². The summed E-state index contributed by atoms with van der Waals surface area (Å²) in [7, 11) is 0. The van der Waals surface area contributed by atoms with E-state index in [1.54, 1.807) is 12.5 Å². The minimum absolute atomic E-state index is 0.302. The van der Waals surface area contributed by atoms with Crippen LogP contribution in [0.1, 0.15) is 19.8 Å². The number of piperidine rings is 1. The zero-order chi connectivity index (χ0) is 9.68. The van der Waals surface area contributed by atoms with Crippen molar-refractivity contribution in [2.24, 2.45) is 5.92 Å². The first-order chi connectivity index (χ1) is 6.24. The fraction of sp³-hybridized carbons (Fsp3) is 0.700. The molecule has 0 aliphatic carbocycles. The minimum atomic E-state index is 0.302. The van der Waals surface area contributed by atoms with E-state index in [9.17, 15) is 4.79 Å². The highest BCUT2D eigenvalue weighted by Crippen LogP contribution is 2.17. The second-order valence-corrected chi connectivity index (χ2v) is 3.80. The second-order valence-electron chi connectivity index (χ2n) is 3.55. The lowest BCUT2D eigenvalue weighted by molar-refractivity contribution is -0.122.